The molecule has 0 N–H and O–H groups in total. The number of Topliss-reactive ketones (excluding diaryl/α,β-unsaturated/α-hetero) is 1. The standard InChI is InChI=1S/C13H16ClFO/c1-2-3-4-7-11(16)9-10-6-5-8-12(15)13(10)14/h5-6,8H,2-4,7,9H2,1H3. The van der Waals surface area contributed by atoms with Crippen LogP contribution in [0.1, 0.15) is 38.2 Å². The lowest BCUT2D eigenvalue weighted by molar-refractivity contribution is -0.118. The van der Waals surface area contributed by atoms with Crippen LogP contribution in [0.2, 0.25) is 5.02 Å². The van der Waals surface area contributed by atoms with Crippen LogP contribution in [-0.2, 0) is 11.2 Å². The van der Waals surface area contributed by atoms with E-state index in [1.165, 1.54) is 6.07 Å². The summed E-state index contributed by atoms with van der Waals surface area (Å²) in [7, 11) is 0. The molecule has 3 heteroatoms. The van der Waals surface area contributed by atoms with E-state index in [9.17, 15) is 9.18 Å². The number of rotatable bonds is 6. The van der Waals surface area contributed by atoms with Gasteiger partial charge in [0.25, 0.3) is 0 Å². The van der Waals surface area contributed by atoms with Crippen molar-refractivity contribution in [2.24, 2.45) is 0 Å². The molecule has 0 aliphatic carbocycles. The van der Waals surface area contributed by atoms with E-state index >= 15 is 0 Å². The van der Waals surface area contributed by atoms with Crippen LogP contribution >= 0.6 is 11.6 Å². The molecule has 1 rings (SSSR count). The van der Waals surface area contributed by atoms with Crippen molar-refractivity contribution in [3.63, 3.8) is 0 Å². The Labute approximate surface area is 101 Å². The molecule has 0 spiro atoms. The first-order valence-electron chi connectivity index (χ1n) is 5.59. The van der Waals surface area contributed by atoms with E-state index in [0.717, 1.165) is 19.3 Å². The summed E-state index contributed by atoms with van der Waals surface area (Å²) >= 11 is 5.77. The molecule has 0 aliphatic heterocycles. The predicted octanol–water partition coefficient (Wildman–Crippen LogP) is 4.17. The Morgan fingerprint density at radius 2 is 2.12 bits per heavy atom. The van der Waals surface area contributed by atoms with Gasteiger partial charge >= 0.3 is 0 Å². The highest BCUT2D eigenvalue weighted by atomic mass is 35.5. The van der Waals surface area contributed by atoms with Gasteiger partial charge in [0.05, 0.1) is 5.02 Å². The molecule has 0 saturated heterocycles. The fourth-order valence-electron chi connectivity index (χ4n) is 1.56. The van der Waals surface area contributed by atoms with Gasteiger partial charge in [0.1, 0.15) is 11.6 Å². The number of benzene rings is 1. The number of halogens is 2. The number of unbranched alkanes of at least 4 members (excludes halogenated alkanes) is 2. The molecule has 1 aromatic carbocycles. The van der Waals surface area contributed by atoms with Crippen molar-refractivity contribution in [2.45, 2.75) is 39.0 Å². The molecule has 1 nitrogen and oxygen atoms in total. The van der Waals surface area contributed by atoms with Gasteiger partial charge in [0, 0.05) is 12.8 Å². The lowest BCUT2D eigenvalue weighted by Gasteiger charge is -2.04. The molecule has 0 radical (unpaired) electrons. The van der Waals surface area contributed by atoms with Crippen LogP contribution in [0, 0.1) is 5.82 Å². The van der Waals surface area contributed by atoms with Crippen LogP contribution in [0.15, 0.2) is 18.2 Å². The van der Waals surface area contributed by atoms with Gasteiger partial charge < -0.3 is 0 Å². The average Bonchev–Trinajstić information content (AvgIpc) is 2.25. The molecule has 0 heterocycles. The summed E-state index contributed by atoms with van der Waals surface area (Å²) in [6.07, 6.45) is 3.85. The second-order valence-corrected chi connectivity index (χ2v) is 4.26. The highest BCUT2D eigenvalue weighted by molar-refractivity contribution is 6.31. The average molecular weight is 243 g/mol. The highest BCUT2D eigenvalue weighted by Gasteiger charge is 2.09. The molecule has 0 fully saturated rings. The van der Waals surface area contributed by atoms with Crippen molar-refractivity contribution in [3.8, 4) is 0 Å². The Morgan fingerprint density at radius 3 is 2.81 bits per heavy atom. The van der Waals surface area contributed by atoms with Crippen LogP contribution in [-0.4, -0.2) is 5.78 Å². The van der Waals surface area contributed by atoms with E-state index in [0.29, 0.717) is 12.0 Å². The Bertz CT molecular complexity index is 363. The van der Waals surface area contributed by atoms with Gasteiger partial charge in [0.15, 0.2) is 0 Å². The quantitative estimate of drug-likeness (QED) is 0.685. The maximum atomic E-state index is 13.1. The zero-order valence-corrected chi connectivity index (χ0v) is 10.2. The minimum atomic E-state index is -0.458. The second kappa shape index (κ2) is 6.64. The van der Waals surface area contributed by atoms with Gasteiger partial charge in [-0.05, 0) is 18.1 Å². The Hall–Kier alpha value is -0.890. The molecule has 16 heavy (non-hydrogen) atoms. The third-order valence-corrected chi connectivity index (χ3v) is 2.90. The normalized spacial score (nSPS) is 10.4. The van der Waals surface area contributed by atoms with Gasteiger partial charge in [0.2, 0.25) is 0 Å². The lowest BCUT2D eigenvalue weighted by atomic mass is 10.0. The number of carbonyl (C=O) groups excluding carboxylic acids is 1. The zero-order chi connectivity index (χ0) is 12.0. The van der Waals surface area contributed by atoms with Crippen LogP contribution in [0.25, 0.3) is 0 Å². The van der Waals surface area contributed by atoms with E-state index in [2.05, 4.69) is 6.92 Å². The minimum absolute atomic E-state index is 0.0753. The van der Waals surface area contributed by atoms with Gasteiger partial charge in [-0.2, -0.15) is 0 Å². The monoisotopic (exact) mass is 242 g/mol. The number of hydrogen-bond acceptors (Lipinski definition) is 1. The molecular weight excluding hydrogens is 227 g/mol. The van der Waals surface area contributed by atoms with Crippen molar-refractivity contribution >= 4 is 17.4 Å². The number of carbonyl (C=O) groups is 1. The second-order valence-electron chi connectivity index (χ2n) is 3.89. The topological polar surface area (TPSA) is 17.1 Å². The first kappa shape index (κ1) is 13.2. The maximum Gasteiger partial charge on any atom is 0.142 e. The summed E-state index contributed by atoms with van der Waals surface area (Å²) in [6.45, 7) is 2.09. The van der Waals surface area contributed by atoms with Crippen LogP contribution in [0.4, 0.5) is 4.39 Å². The minimum Gasteiger partial charge on any atom is -0.299 e. The smallest absolute Gasteiger partial charge is 0.142 e. The third kappa shape index (κ3) is 3.93. The van der Waals surface area contributed by atoms with Crippen LogP contribution < -0.4 is 0 Å². The highest BCUT2D eigenvalue weighted by Crippen LogP contribution is 2.20. The van der Waals surface area contributed by atoms with E-state index < -0.39 is 5.82 Å². The summed E-state index contributed by atoms with van der Waals surface area (Å²) in [6, 6.07) is 4.58. The lowest BCUT2D eigenvalue weighted by Crippen LogP contribution is -2.03. The molecule has 0 aromatic heterocycles. The van der Waals surface area contributed by atoms with Gasteiger partial charge in [-0.1, -0.05) is 43.5 Å². The van der Waals surface area contributed by atoms with E-state index in [1.54, 1.807) is 12.1 Å². The summed E-state index contributed by atoms with van der Waals surface area (Å²) < 4.78 is 13.1. The summed E-state index contributed by atoms with van der Waals surface area (Å²) in [5.41, 5.74) is 0.586. The first-order chi connectivity index (χ1) is 7.65. The third-order valence-electron chi connectivity index (χ3n) is 2.48. The first-order valence-corrected chi connectivity index (χ1v) is 5.97. The van der Waals surface area contributed by atoms with Crippen molar-refractivity contribution in [1.29, 1.82) is 0 Å². The molecule has 0 atom stereocenters. The summed E-state index contributed by atoms with van der Waals surface area (Å²) in [4.78, 5) is 11.6. The van der Waals surface area contributed by atoms with E-state index in [1.807, 2.05) is 0 Å². The van der Waals surface area contributed by atoms with Crippen molar-refractivity contribution in [1.82, 2.24) is 0 Å². The Kier molecular flexibility index (Phi) is 5.47. The molecule has 0 aliphatic rings. The fourth-order valence-corrected chi connectivity index (χ4v) is 1.75. The molecule has 0 unspecified atom stereocenters. The molecule has 0 bridgehead atoms. The number of ketones is 1. The molecular formula is C13H16ClFO. The van der Waals surface area contributed by atoms with Crippen molar-refractivity contribution in [3.05, 3.63) is 34.6 Å². The van der Waals surface area contributed by atoms with Crippen LogP contribution in [0.3, 0.4) is 0 Å². The van der Waals surface area contributed by atoms with Gasteiger partial charge in [-0.3, -0.25) is 4.79 Å². The van der Waals surface area contributed by atoms with E-state index in [4.69, 9.17) is 11.6 Å². The van der Waals surface area contributed by atoms with Gasteiger partial charge in [-0.15, -0.1) is 0 Å². The Morgan fingerprint density at radius 1 is 1.38 bits per heavy atom. The largest absolute Gasteiger partial charge is 0.299 e. The maximum absolute atomic E-state index is 13.1. The van der Waals surface area contributed by atoms with Gasteiger partial charge in [-0.25, -0.2) is 4.39 Å². The summed E-state index contributed by atoms with van der Waals surface area (Å²) in [5.74, 6) is -0.332. The SMILES string of the molecule is CCCCCC(=O)Cc1cccc(F)c1Cl. The van der Waals surface area contributed by atoms with Crippen molar-refractivity contribution in [2.75, 3.05) is 0 Å². The number of hydrogen-bond donors (Lipinski definition) is 0. The van der Waals surface area contributed by atoms with Crippen LogP contribution in [0.5, 0.6) is 0 Å². The molecule has 0 saturated carbocycles. The Balaban J connectivity index is 2.53. The molecule has 1 aromatic rings. The predicted molar refractivity (Wildman–Crippen MR) is 64.3 cm³/mol. The van der Waals surface area contributed by atoms with Crippen molar-refractivity contribution < 1.29 is 9.18 Å². The molecule has 88 valence electrons. The molecule has 0 amide bonds. The zero-order valence-electron chi connectivity index (χ0n) is 9.43. The van der Waals surface area contributed by atoms with E-state index in [-0.39, 0.29) is 17.2 Å². The summed E-state index contributed by atoms with van der Waals surface area (Å²) in [5, 5.41) is 0.0753. The fraction of sp³-hybridized carbons (Fsp3) is 0.462.